The van der Waals surface area contributed by atoms with Gasteiger partial charge in [-0.05, 0) is 18.4 Å². The number of hydrogen-bond donors (Lipinski definition) is 0. The summed E-state index contributed by atoms with van der Waals surface area (Å²) in [5.41, 5.74) is 1.42. The van der Waals surface area contributed by atoms with Gasteiger partial charge in [-0.1, -0.05) is 30.3 Å². The quantitative estimate of drug-likeness (QED) is 0.683. The third-order valence-corrected chi connectivity index (χ3v) is 2.79. The molecule has 0 N–H and O–H groups in total. The average Bonchev–Trinajstić information content (AvgIpc) is 2.97. The summed E-state index contributed by atoms with van der Waals surface area (Å²) < 4.78 is 5.08. The lowest BCUT2D eigenvalue weighted by Gasteiger charge is -2.14. The summed E-state index contributed by atoms with van der Waals surface area (Å²) in [6.07, 6.45) is 2.26. The van der Waals surface area contributed by atoms with Crippen LogP contribution in [0.25, 0.3) is 0 Å². The standard InChI is InChI=1S/C12H14O2/c1-10(13)14-9-12(7-8-12)11-5-3-2-4-6-11/h2-6H,7-9H2,1H3. The number of rotatable bonds is 3. The molecule has 0 radical (unpaired) electrons. The minimum Gasteiger partial charge on any atom is -0.465 e. The van der Waals surface area contributed by atoms with E-state index in [2.05, 4.69) is 12.1 Å². The van der Waals surface area contributed by atoms with Crippen LogP contribution in [0.1, 0.15) is 25.3 Å². The first kappa shape index (κ1) is 9.25. The van der Waals surface area contributed by atoms with E-state index in [1.807, 2.05) is 18.2 Å². The van der Waals surface area contributed by atoms with Gasteiger partial charge in [0.05, 0.1) is 0 Å². The van der Waals surface area contributed by atoms with Crippen LogP contribution in [0.3, 0.4) is 0 Å². The third-order valence-electron chi connectivity index (χ3n) is 2.79. The molecule has 0 unspecified atom stereocenters. The fourth-order valence-electron chi connectivity index (χ4n) is 1.70. The molecule has 74 valence electrons. The summed E-state index contributed by atoms with van der Waals surface area (Å²) in [7, 11) is 0. The van der Waals surface area contributed by atoms with Crippen LogP contribution in [0.5, 0.6) is 0 Å². The number of esters is 1. The summed E-state index contributed by atoms with van der Waals surface area (Å²) in [5, 5.41) is 0. The van der Waals surface area contributed by atoms with Gasteiger partial charge in [0.15, 0.2) is 0 Å². The molecule has 2 nitrogen and oxygen atoms in total. The lowest BCUT2D eigenvalue weighted by Crippen LogP contribution is -2.17. The minimum atomic E-state index is -0.188. The summed E-state index contributed by atoms with van der Waals surface area (Å²) in [6, 6.07) is 10.3. The van der Waals surface area contributed by atoms with E-state index in [1.165, 1.54) is 12.5 Å². The van der Waals surface area contributed by atoms with Gasteiger partial charge < -0.3 is 4.74 Å². The monoisotopic (exact) mass is 190 g/mol. The van der Waals surface area contributed by atoms with Gasteiger partial charge >= 0.3 is 5.97 Å². The van der Waals surface area contributed by atoms with Crippen molar-refractivity contribution in [1.82, 2.24) is 0 Å². The van der Waals surface area contributed by atoms with Crippen molar-refractivity contribution in [3.8, 4) is 0 Å². The topological polar surface area (TPSA) is 26.3 Å². The Kier molecular flexibility index (Phi) is 2.28. The van der Waals surface area contributed by atoms with E-state index < -0.39 is 0 Å². The highest BCUT2D eigenvalue weighted by atomic mass is 16.5. The van der Waals surface area contributed by atoms with Crippen molar-refractivity contribution in [2.75, 3.05) is 6.61 Å². The van der Waals surface area contributed by atoms with E-state index in [4.69, 9.17) is 4.74 Å². The van der Waals surface area contributed by atoms with E-state index in [1.54, 1.807) is 0 Å². The molecule has 0 atom stereocenters. The van der Waals surface area contributed by atoms with Crippen LogP contribution in [-0.2, 0) is 14.9 Å². The van der Waals surface area contributed by atoms with E-state index in [0.717, 1.165) is 12.8 Å². The average molecular weight is 190 g/mol. The second kappa shape index (κ2) is 3.45. The van der Waals surface area contributed by atoms with Crippen LogP contribution >= 0.6 is 0 Å². The van der Waals surface area contributed by atoms with E-state index in [-0.39, 0.29) is 11.4 Å². The van der Waals surface area contributed by atoms with Crippen molar-refractivity contribution in [3.05, 3.63) is 35.9 Å². The van der Waals surface area contributed by atoms with Crippen LogP contribution in [-0.4, -0.2) is 12.6 Å². The molecule has 1 aromatic carbocycles. The van der Waals surface area contributed by atoms with Crippen molar-refractivity contribution in [1.29, 1.82) is 0 Å². The Bertz CT molecular complexity index is 325. The third kappa shape index (κ3) is 1.79. The molecule has 1 aromatic rings. The zero-order chi connectivity index (χ0) is 10.0. The maximum Gasteiger partial charge on any atom is 0.302 e. The number of ether oxygens (including phenoxy) is 1. The predicted molar refractivity (Wildman–Crippen MR) is 54.0 cm³/mol. The van der Waals surface area contributed by atoms with Gasteiger partial charge in [-0.25, -0.2) is 0 Å². The fraction of sp³-hybridized carbons (Fsp3) is 0.417. The fourth-order valence-corrected chi connectivity index (χ4v) is 1.70. The molecular formula is C12H14O2. The van der Waals surface area contributed by atoms with Crippen LogP contribution in [0.15, 0.2) is 30.3 Å². The molecule has 14 heavy (non-hydrogen) atoms. The second-order valence-electron chi connectivity index (χ2n) is 3.93. The first-order chi connectivity index (χ1) is 6.73. The summed E-state index contributed by atoms with van der Waals surface area (Å²) in [6.45, 7) is 1.99. The van der Waals surface area contributed by atoms with Crippen LogP contribution < -0.4 is 0 Å². The van der Waals surface area contributed by atoms with Crippen molar-refractivity contribution in [2.24, 2.45) is 0 Å². The SMILES string of the molecule is CC(=O)OCC1(c2ccccc2)CC1. The Morgan fingerprint density at radius 3 is 2.50 bits per heavy atom. The van der Waals surface area contributed by atoms with Crippen LogP contribution in [0.4, 0.5) is 0 Å². The Hall–Kier alpha value is -1.31. The number of carbonyl (C=O) groups excluding carboxylic acids is 1. The molecular weight excluding hydrogens is 176 g/mol. The molecule has 1 aliphatic rings. The Morgan fingerprint density at radius 2 is 2.00 bits per heavy atom. The first-order valence-electron chi connectivity index (χ1n) is 4.92. The number of hydrogen-bond acceptors (Lipinski definition) is 2. The van der Waals surface area contributed by atoms with Crippen LogP contribution in [0, 0.1) is 0 Å². The largest absolute Gasteiger partial charge is 0.465 e. The molecule has 2 heteroatoms. The van der Waals surface area contributed by atoms with E-state index >= 15 is 0 Å². The van der Waals surface area contributed by atoms with Crippen LogP contribution in [0.2, 0.25) is 0 Å². The zero-order valence-corrected chi connectivity index (χ0v) is 8.32. The lowest BCUT2D eigenvalue weighted by atomic mass is 9.97. The highest BCUT2D eigenvalue weighted by Crippen LogP contribution is 2.48. The van der Waals surface area contributed by atoms with Crippen molar-refractivity contribution in [2.45, 2.75) is 25.2 Å². The summed E-state index contributed by atoms with van der Waals surface area (Å²) >= 11 is 0. The number of carbonyl (C=O) groups is 1. The van der Waals surface area contributed by atoms with E-state index in [0.29, 0.717) is 6.61 Å². The number of benzene rings is 1. The molecule has 0 amide bonds. The van der Waals surface area contributed by atoms with Gasteiger partial charge in [-0.15, -0.1) is 0 Å². The van der Waals surface area contributed by atoms with Crippen molar-refractivity contribution in [3.63, 3.8) is 0 Å². The lowest BCUT2D eigenvalue weighted by molar-refractivity contribution is -0.141. The van der Waals surface area contributed by atoms with Gasteiger partial charge in [0, 0.05) is 12.3 Å². The smallest absolute Gasteiger partial charge is 0.302 e. The molecule has 2 rings (SSSR count). The van der Waals surface area contributed by atoms with Gasteiger partial charge in [0.1, 0.15) is 6.61 Å². The van der Waals surface area contributed by atoms with Crippen molar-refractivity contribution < 1.29 is 9.53 Å². The van der Waals surface area contributed by atoms with Crippen molar-refractivity contribution >= 4 is 5.97 Å². The molecule has 1 saturated carbocycles. The molecule has 1 fully saturated rings. The van der Waals surface area contributed by atoms with E-state index in [9.17, 15) is 4.79 Å². The molecule has 0 bridgehead atoms. The first-order valence-corrected chi connectivity index (χ1v) is 4.92. The molecule has 0 aliphatic heterocycles. The Balaban J connectivity index is 2.06. The van der Waals surface area contributed by atoms with Gasteiger partial charge in [-0.2, -0.15) is 0 Å². The maximum absolute atomic E-state index is 10.7. The highest BCUT2D eigenvalue weighted by Gasteiger charge is 2.45. The minimum absolute atomic E-state index is 0.132. The highest BCUT2D eigenvalue weighted by molar-refractivity contribution is 5.66. The van der Waals surface area contributed by atoms with Gasteiger partial charge in [0.2, 0.25) is 0 Å². The molecule has 0 heterocycles. The second-order valence-corrected chi connectivity index (χ2v) is 3.93. The predicted octanol–water partition coefficient (Wildman–Crippen LogP) is 2.28. The molecule has 0 spiro atoms. The zero-order valence-electron chi connectivity index (χ0n) is 8.32. The Labute approximate surface area is 83.9 Å². The summed E-state index contributed by atoms with van der Waals surface area (Å²) in [4.78, 5) is 10.7. The molecule has 0 saturated heterocycles. The molecule has 1 aliphatic carbocycles. The van der Waals surface area contributed by atoms with Gasteiger partial charge in [0.25, 0.3) is 0 Å². The normalized spacial score (nSPS) is 17.5. The summed E-state index contributed by atoms with van der Waals surface area (Å²) in [5.74, 6) is -0.188. The molecule has 0 aromatic heterocycles. The maximum atomic E-state index is 10.7. The van der Waals surface area contributed by atoms with Gasteiger partial charge in [-0.3, -0.25) is 4.79 Å². The Morgan fingerprint density at radius 1 is 1.36 bits per heavy atom.